The molecule has 1 aliphatic rings. The average molecular weight is 469 g/mol. The molecule has 0 aromatic carbocycles. The summed E-state index contributed by atoms with van der Waals surface area (Å²) in [6.07, 6.45) is 0. The molecule has 0 aliphatic heterocycles. The summed E-state index contributed by atoms with van der Waals surface area (Å²) < 4.78 is 0. The molecule has 0 atom stereocenters. The van der Waals surface area contributed by atoms with Crippen molar-refractivity contribution in [1.82, 2.24) is 0 Å². The van der Waals surface area contributed by atoms with Crippen molar-refractivity contribution in [2.75, 3.05) is 0 Å². The summed E-state index contributed by atoms with van der Waals surface area (Å²) in [6.45, 7) is 24.8. The van der Waals surface area contributed by atoms with Gasteiger partial charge in [-0.05, 0) is 29.6 Å². The summed E-state index contributed by atoms with van der Waals surface area (Å²) in [7, 11) is 0.275. The Balaban J connectivity index is -0.000000293. The topological polar surface area (TPSA) is 0 Å². The predicted octanol–water partition coefficient (Wildman–Crippen LogP) is 8.05. The van der Waals surface area contributed by atoms with Gasteiger partial charge in [-0.15, -0.1) is 0 Å². The molecule has 0 heterocycles. The zero-order valence-electron chi connectivity index (χ0n) is 19.1. The summed E-state index contributed by atoms with van der Waals surface area (Å²) in [4.78, 5) is 0. The van der Waals surface area contributed by atoms with E-state index in [1.54, 1.807) is 0 Å². The van der Waals surface area contributed by atoms with E-state index >= 15 is 0 Å². The Kier molecular flexibility index (Phi) is 22.7. The van der Waals surface area contributed by atoms with Gasteiger partial charge in [-0.3, -0.25) is 0 Å². The minimum absolute atomic E-state index is 0. The number of rotatable bonds is 6. The first-order valence-corrected chi connectivity index (χ1v) is 14.4. The number of hydrogen-bond acceptors (Lipinski definition) is 0. The zero-order chi connectivity index (χ0) is 19.3. The van der Waals surface area contributed by atoms with Crippen LogP contribution >= 0.6 is 0 Å². The van der Waals surface area contributed by atoms with E-state index in [0.29, 0.717) is 0 Å². The van der Waals surface area contributed by atoms with Crippen molar-refractivity contribution >= 4 is 17.6 Å². The Morgan fingerprint density at radius 2 is 0.520 bits per heavy atom. The molecule has 0 unspecified atom stereocenters. The monoisotopic (exact) mass is 468 g/mol. The maximum Gasteiger partial charge on any atom is 0.0470 e. The third kappa shape index (κ3) is 12.2. The molecule has 0 N–H and O–H groups in total. The normalized spacial score (nSPS) is 17.2. The van der Waals surface area contributed by atoms with E-state index < -0.39 is 0 Å². The molecule has 0 saturated heterocycles. The molecule has 150 valence electrons. The van der Waals surface area contributed by atoms with Crippen molar-refractivity contribution in [2.24, 2.45) is 0 Å². The van der Waals surface area contributed by atoms with Crippen molar-refractivity contribution in [2.45, 2.75) is 112 Å². The number of hydrogen-bond donors (Lipinski definition) is 0. The summed E-state index contributed by atoms with van der Waals surface area (Å²) >= 11 is 0. The molecule has 0 aromatic rings. The van der Waals surface area contributed by atoms with Gasteiger partial charge in [0.15, 0.2) is 0 Å². The Morgan fingerprint density at radius 3 is 0.560 bits per heavy atom. The maximum absolute atomic E-state index is 2.31. The van der Waals surface area contributed by atoms with E-state index in [9.17, 15) is 0 Å². The fourth-order valence-electron chi connectivity index (χ4n) is 2.91. The van der Waals surface area contributed by atoms with Crippen LogP contribution in [0.15, 0.2) is 0 Å². The average Bonchev–Trinajstić information content (AvgIpc) is 2.77. The van der Waals surface area contributed by atoms with Crippen molar-refractivity contribution in [1.29, 1.82) is 0 Å². The largest absolute Gasteiger partial charge is 0.0680 e. The Hall–Kier alpha value is 1.06. The van der Waals surface area contributed by atoms with E-state index in [1.807, 2.05) is 0 Å². The molecule has 1 fully saturated rings. The first-order chi connectivity index (χ1) is 11.2. The van der Waals surface area contributed by atoms with Gasteiger partial charge >= 0.3 is 0 Å². The second-order valence-electron chi connectivity index (χ2n) is 6.75. The molecule has 0 nitrogen and oxygen atoms in total. The SMILES string of the molecule is CC[Si](CC)CC.CC[Si](CC)CC.C[C]1[C](C)[C](C)[C](C)[C]1C.[Rh]. The van der Waals surface area contributed by atoms with Crippen LogP contribution in [0.3, 0.4) is 0 Å². The summed E-state index contributed by atoms with van der Waals surface area (Å²) in [5, 5.41) is 0. The van der Waals surface area contributed by atoms with Crippen LogP contribution in [0.1, 0.15) is 76.2 Å². The van der Waals surface area contributed by atoms with Gasteiger partial charge in [0.25, 0.3) is 0 Å². The molecule has 1 saturated carbocycles. The van der Waals surface area contributed by atoms with Crippen LogP contribution in [0.25, 0.3) is 0 Å². The van der Waals surface area contributed by atoms with Gasteiger partial charge in [-0.25, -0.2) is 0 Å². The summed E-state index contributed by atoms with van der Waals surface area (Å²) in [6, 6.07) is 8.74. The van der Waals surface area contributed by atoms with Crippen molar-refractivity contribution < 1.29 is 19.5 Å². The van der Waals surface area contributed by atoms with E-state index in [4.69, 9.17) is 0 Å². The van der Waals surface area contributed by atoms with Crippen LogP contribution < -0.4 is 0 Å². The first kappa shape index (κ1) is 30.8. The fourth-order valence-corrected chi connectivity index (χ4v) is 5.91. The third-order valence-corrected chi connectivity index (χ3v) is 11.8. The zero-order valence-corrected chi connectivity index (χ0v) is 22.7. The maximum atomic E-state index is 2.31. The smallest absolute Gasteiger partial charge is 0.0470 e. The molecule has 0 aromatic heterocycles. The standard InChI is InChI=1S/C10H15.2C6H15Si.Rh/c1-6-7(2)9(4)10(5)8(6)3;2*1-4-7(5-2)6-3;/h1-5H3;2*4-6H2,1-3H3;. The van der Waals surface area contributed by atoms with Gasteiger partial charge < -0.3 is 0 Å². The van der Waals surface area contributed by atoms with E-state index in [-0.39, 0.29) is 37.1 Å². The summed E-state index contributed by atoms with van der Waals surface area (Å²) in [5.41, 5.74) is 0. The van der Waals surface area contributed by atoms with Crippen LogP contribution in [-0.4, -0.2) is 17.6 Å². The fraction of sp³-hybridized carbons (Fsp3) is 0.773. The van der Waals surface area contributed by atoms with E-state index in [1.165, 1.54) is 65.9 Å². The molecule has 1 aliphatic carbocycles. The van der Waals surface area contributed by atoms with Crippen LogP contribution in [-0.2, 0) is 19.5 Å². The minimum atomic E-state index is 0. The second kappa shape index (κ2) is 18.4. The molecule has 25 heavy (non-hydrogen) atoms. The summed E-state index contributed by atoms with van der Waals surface area (Å²) in [5.74, 6) is 7.34. The van der Waals surface area contributed by atoms with Crippen LogP contribution in [0, 0.1) is 29.6 Å². The molecule has 0 bridgehead atoms. The van der Waals surface area contributed by atoms with Crippen molar-refractivity contribution in [3.05, 3.63) is 29.6 Å². The van der Waals surface area contributed by atoms with E-state index in [0.717, 1.165) is 0 Å². The molecule has 8 radical (unpaired) electrons. The van der Waals surface area contributed by atoms with Gasteiger partial charge in [-0.2, -0.15) is 0 Å². The Labute approximate surface area is 178 Å². The predicted molar refractivity (Wildman–Crippen MR) is 119 cm³/mol. The van der Waals surface area contributed by atoms with Crippen molar-refractivity contribution in [3.63, 3.8) is 0 Å². The second-order valence-corrected chi connectivity index (χ2v) is 14.0. The van der Waals surface area contributed by atoms with Crippen LogP contribution in [0.5, 0.6) is 0 Å². The molecule has 3 heteroatoms. The third-order valence-electron chi connectivity index (χ3n) is 5.81. The van der Waals surface area contributed by atoms with Crippen molar-refractivity contribution in [3.8, 4) is 0 Å². The molecular weight excluding hydrogens is 423 g/mol. The van der Waals surface area contributed by atoms with Gasteiger partial charge in [0.1, 0.15) is 0 Å². The first-order valence-electron chi connectivity index (χ1n) is 10.1. The molecule has 1 rings (SSSR count). The minimum Gasteiger partial charge on any atom is -0.0680 e. The Bertz CT molecular complexity index is 197. The van der Waals surface area contributed by atoms with Gasteiger partial charge in [0.2, 0.25) is 0 Å². The molecule has 0 spiro atoms. The molecule has 0 amide bonds. The van der Waals surface area contributed by atoms with Gasteiger partial charge in [-0.1, -0.05) is 112 Å². The van der Waals surface area contributed by atoms with E-state index in [2.05, 4.69) is 76.2 Å². The van der Waals surface area contributed by atoms with Gasteiger partial charge in [0, 0.05) is 37.1 Å². The Morgan fingerprint density at radius 1 is 0.400 bits per heavy atom. The quantitative estimate of drug-likeness (QED) is 0.346. The van der Waals surface area contributed by atoms with Gasteiger partial charge in [0.05, 0.1) is 0 Å². The van der Waals surface area contributed by atoms with Crippen LogP contribution in [0.4, 0.5) is 0 Å². The molecular formula is C22H45RhSi2. The van der Waals surface area contributed by atoms with Crippen LogP contribution in [0.2, 0.25) is 36.3 Å².